The molecule has 6 rings (SSSR count). The quantitative estimate of drug-likeness (QED) is 0.378. The molecule has 5 aromatic rings. The van der Waals surface area contributed by atoms with Crippen LogP contribution in [0, 0.1) is 0 Å². The first-order chi connectivity index (χ1) is 17.1. The van der Waals surface area contributed by atoms with E-state index in [1.807, 2.05) is 65.6 Å². The summed E-state index contributed by atoms with van der Waals surface area (Å²) in [6.07, 6.45) is 1.68. The monoisotopic (exact) mass is 464 g/mol. The summed E-state index contributed by atoms with van der Waals surface area (Å²) in [6, 6.07) is 23.1. The summed E-state index contributed by atoms with van der Waals surface area (Å²) in [4.78, 5) is 35.7. The number of fused-ring (bicyclic) bond motifs is 3. The number of nitrogens with zero attached hydrogens (tertiary/aromatic N) is 4. The Balaban J connectivity index is 1.35. The van der Waals surface area contributed by atoms with E-state index in [4.69, 9.17) is 9.72 Å². The largest absolute Gasteiger partial charge is 0.495 e. The van der Waals surface area contributed by atoms with Crippen molar-refractivity contribution in [2.24, 2.45) is 0 Å². The number of piperazine rings is 1. The molecule has 0 atom stereocenters. The first-order valence-electron chi connectivity index (χ1n) is 11.7. The summed E-state index contributed by atoms with van der Waals surface area (Å²) >= 11 is 0. The predicted molar refractivity (Wildman–Crippen MR) is 138 cm³/mol. The number of para-hydroxylation sites is 2. The van der Waals surface area contributed by atoms with Gasteiger partial charge in [-0.15, -0.1) is 0 Å². The lowest BCUT2D eigenvalue weighted by Crippen LogP contribution is -2.49. The van der Waals surface area contributed by atoms with Crippen LogP contribution in [-0.4, -0.2) is 53.5 Å². The van der Waals surface area contributed by atoms with Crippen molar-refractivity contribution in [3.05, 3.63) is 94.9 Å². The third-order valence-corrected chi connectivity index (χ3v) is 6.73. The highest BCUT2D eigenvalue weighted by molar-refractivity contribution is 6.02. The highest BCUT2D eigenvalue weighted by Crippen LogP contribution is 2.29. The van der Waals surface area contributed by atoms with E-state index < -0.39 is 0 Å². The fraction of sp³-hybridized carbons (Fsp3) is 0.179. The molecule has 7 heteroatoms. The Morgan fingerprint density at radius 3 is 2.37 bits per heavy atom. The van der Waals surface area contributed by atoms with Crippen molar-refractivity contribution >= 4 is 38.9 Å². The zero-order chi connectivity index (χ0) is 23.9. The molecule has 0 N–H and O–H groups in total. The van der Waals surface area contributed by atoms with Crippen LogP contribution in [0.5, 0.6) is 5.75 Å². The van der Waals surface area contributed by atoms with Gasteiger partial charge in [-0.25, -0.2) is 4.98 Å². The lowest BCUT2D eigenvalue weighted by molar-refractivity contribution is 0.0748. The Morgan fingerprint density at radius 1 is 0.886 bits per heavy atom. The summed E-state index contributed by atoms with van der Waals surface area (Å²) in [5.41, 5.74) is 2.27. The van der Waals surface area contributed by atoms with Crippen LogP contribution in [0.15, 0.2) is 83.8 Å². The molecule has 0 aliphatic carbocycles. The second kappa shape index (κ2) is 8.43. The van der Waals surface area contributed by atoms with Gasteiger partial charge in [0, 0.05) is 32.4 Å². The second-order valence-electron chi connectivity index (χ2n) is 8.70. The first kappa shape index (κ1) is 21.2. The maximum Gasteiger partial charge on any atom is 0.265 e. The zero-order valence-corrected chi connectivity index (χ0v) is 19.3. The lowest BCUT2D eigenvalue weighted by Gasteiger charge is -2.36. The molecule has 1 fully saturated rings. The van der Waals surface area contributed by atoms with Gasteiger partial charge in [0.25, 0.3) is 11.5 Å². The van der Waals surface area contributed by atoms with E-state index in [0.29, 0.717) is 48.3 Å². The highest BCUT2D eigenvalue weighted by Gasteiger charge is 2.25. The van der Waals surface area contributed by atoms with Crippen molar-refractivity contribution in [3.63, 3.8) is 0 Å². The van der Waals surface area contributed by atoms with Crippen LogP contribution in [-0.2, 0) is 0 Å². The van der Waals surface area contributed by atoms with Crippen LogP contribution < -0.4 is 15.2 Å². The van der Waals surface area contributed by atoms with Gasteiger partial charge in [-0.1, -0.05) is 36.4 Å². The molecule has 0 saturated carbocycles. The van der Waals surface area contributed by atoms with Crippen molar-refractivity contribution in [2.45, 2.75) is 0 Å². The minimum atomic E-state index is -0.175. The smallest absolute Gasteiger partial charge is 0.265 e. The Hall–Kier alpha value is -4.39. The van der Waals surface area contributed by atoms with E-state index in [0.717, 1.165) is 22.2 Å². The topological polar surface area (TPSA) is 67.2 Å². The Morgan fingerprint density at radius 2 is 1.60 bits per heavy atom. The molecule has 0 bridgehead atoms. The van der Waals surface area contributed by atoms with Crippen LogP contribution >= 0.6 is 0 Å². The van der Waals surface area contributed by atoms with Crippen LogP contribution in [0.25, 0.3) is 27.3 Å². The number of pyridine rings is 1. The van der Waals surface area contributed by atoms with Gasteiger partial charge in [-0.3, -0.25) is 14.0 Å². The molecule has 0 unspecified atom stereocenters. The fourth-order valence-corrected chi connectivity index (χ4v) is 4.89. The summed E-state index contributed by atoms with van der Waals surface area (Å²) in [7, 11) is 1.67. The van der Waals surface area contributed by atoms with Gasteiger partial charge in [0.15, 0.2) is 5.65 Å². The Labute approximate surface area is 201 Å². The number of aromatic nitrogens is 2. The summed E-state index contributed by atoms with van der Waals surface area (Å²) in [5, 5.41) is 2.53. The van der Waals surface area contributed by atoms with E-state index >= 15 is 0 Å². The lowest BCUT2D eigenvalue weighted by atomic mass is 10.1. The van der Waals surface area contributed by atoms with Gasteiger partial charge in [0.2, 0.25) is 0 Å². The maximum atomic E-state index is 13.6. The average Bonchev–Trinajstić information content (AvgIpc) is 2.92. The van der Waals surface area contributed by atoms with Gasteiger partial charge >= 0.3 is 0 Å². The maximum absolute atomic E-state index is 13.6. The van der Waals surface area contributed by atoms with Crippen LogP contribution in [0.4, 0.5) is 5.69 Å². The molecule has 3 aromatic carbocycles. The van der Waals surface area contributed by atoms with Gasteiger partial charge in [0.05, 0.1) is 29.3 Å². The first-order valence-corrected chi connectivity index (χ1v) is 11.7. The molecule has 0 radical (unpaired) electrons. The number of benzene rings is 3. The van der Waals surface area contributed by atoms with Crippen molar-refractivity contribution in [3.8, 4) is 5.75 Å². The minimum Gasteiger partial charge on any atom is -0.495 e. The molecule has 3 heterocycles. The molecule has 1 aliphatic rings. The van der Waals surface area contributed by atoms with Crippen LogP contribution in [0.1, 0.15) is 10.4 Å². The van der Waals surface area contributed by atoms with Gasteiger partial charge < -0.3 is 14.5 Å². The van der Waals surface area contributed by atoms with Gasteiger partial charge in [0.1, 0.15) is 5.75 Å². The molecule has 1 aliphatic heterocycles. The molecule has 2 aromatic heterocycles. The van der Waals surface area contributed by atoms with Crippen molar-refractivity contribution in [1.82, 2.24) is 14.3 Å². The highest BCUT2D eigenvalue weighted by atomic mass is 16.5. The third-order valence-electron chi connectivity index (χ3n) is 6.73. The molecular formula is C28H24N4O3. The number of anilines is 1. The average molecular weight is 465 g/mol. The summed E-state index contributed by atoms with van der Waals surface area (Å²) < 4.78 is 6.98. The number of amides is 1. The Kier molecular flexibility index (Phi) is 5.10. The van der Waals surface area contributed by atoms with Crippen molar-refractivity contribution in [2.75, 3.05) is 38.2 Å². The third kappa shape index (κ3) is 3.56. The zero-order valence-electron chi connectivity index (χ0n) is 19.3. The van der Waals surface area contributed by atoms with Crippen molar-refractivity contribution < 1.29 is 9.53 Å². The minimum absolute atomic E-state index is 0.116. The van der Waals surface area contributed by atoms with E-state index in [1.54, 1.807) is 25.4 Å². The number of carbonyl (C=O) groups excluding carboxylic acids is 1. The number of hydrogen-bond donors (Lipinski definition) is 0. The number of ether oxygens (including phenoxy) is 1. The number of rotatable bonds is 3. The second-order valence-corrected chi connectivity index (χ2v) is 8.70. The number of carbonyl (C=O) groups is 1. The van der Waals surface area contributed by atoms with Gasteiger partial charge in [-0.05, 0) is 47.2 Å². The van der Waals surface area contributed by atoms with Crippen LogP contribution in [0.2, 0.25) is 0 Å². The Bertz CT molecular complexity index is 1650. The summed E-state index contributed by atoms with van der Waals surface area (Å²) in [6.45, 7) is 2.53. The predicted octanol–water partition coefficient (Wildman–Crippen LogP) is 3.97. The SMILES string of the molecule is COc1ccccc1N1CCN(C(=O)c2cccn3c(=O)c4cc5ccccc5cc4nc23)CC1. The van der Waals surface area contributed by atoms with E-state index in [2.05, 4.69) is 4.90 Å². The summed E-state index contributed by atoms with van der Waals surface area (Å²) in [5.74, 6) is 0.708. The standard InChI is InChI=1S/C28H24N4O3/c1-35-25-11-5-4-10-24(25)30-13-15-31(16-14-30)27(33)21-9-6-12-32-26(21)29-23-18-20-8-3-2-7-19(20)17-22(23)28(32)34/h2-12,17-18H,13-16H2,1H3. The molecule has 174 valence electrons. The molecule has 0 spiro atoms. The van der Waals surface area contributed by atoms with Crippen LogP contribution in [0.3, 0.4) is 0 Å². The molecule has 1 amide bonds. The van der Waals surface area contributed by atoms with Crippen molar-refractivity contribution in [1.29, 1.82) is 0 Å². The van der Waals surface area contributed by atoms with E-state index in [-0.39, 0.29) is 11.5 Å². The molecule has 1 saturated heterocycles. The molecule has 7 nitrogen and oxygen atoms in total. The number of hydrogen-bond acceptors (Lipinski definition) is 5. The number of methoxy groups -OCH3 is 1. The molecular weight excluding hydrogens is 440 g/mol. The van der Waals surface area contributed by atoms with E-state index in [1.165, 1.54) is 4.40 Å². The fourth-order valence-electron chi connectivity index (χ4n) is 4.89. The van der Waals surface area contributed by atoms with Gasteiger partial charge in [-0.2, -0.15) is 0 Å². The van der Waals surface area contributed by atoms with E-state index in [9.17, 15) is 9.59 Å². The molecule has 35 heavy (non-hydrogen) atoms. The normalized spacial score (nSPS) is 14.1.